The lowest BCUT2D eigenvalue weighted by Gasteiger charge is -2.20. The van der Waals surface area contributed by atoms with Crippen LogP contribution < -0.4 is 0 Å². The van der Waals surface area contributed by atoms with E-state index >= 15 is 0 Å². The predicted octanol–water partition coefficient (Wildman–Crippen LogP) is 6.29. The van der Waals surface area contributed by atoms with Crippen LogP contribution in [0.15, 0.2) is 58.3 Å². The number of nitro groups is 1. The van der Waals surface area contributed by atoms with Crippen LogP contribution in [-0.4, -0.2) is 10.7 Å². The summed E-state index contributed by atoms with van der Waals surface area (Å²) in [6.45, 7) is 0. The van der Waals surface area contributed by atoms with Gasteiger partial charge in [-0.2, -0.15) is 0 Å². The largest absolute Gasteiger partial charge is 0.294 e. The van der Waals surface area contributed by atoms with Crippen LogP contribution in [0, 0.1) is 16.0 Å². The number of Topliss-reactive ketones (excluding diaryl/α,β-unsaturated/α-hetero) is 1. The van der Waals surface area contributed by atoms with Crippen LogP contribution in [0.1, 0.15) is 55.3 Å². The molecule has 0 aromatic heterocycles. The second kappa shape index (κ2) is 8.99. The van der Waals surface area contributed by atoms with E-state index in [-0.39, 0.29) is 11.5 Å². The van der Waals surface area contributed by atoms with E-state index in [1.807, 2.05) is 24.3 Å². The van der Waals surface area contributed by atoms with Crippen LogP contribution >= 0.6 is 11.8 Å². The normalized spacial score (nSPS) is 14.9. The molecule has 136 valence electrons. The van der Waals surface area contributed by atoms with Gasteiger partial charge < -0.3 is 0 Å². The average molecular weight is 369 g/mol. The van der Waals surface area contributed by atoms with Gasteiger partial charge in [0.05, 0.1) is 4.92 Å². The van der Waals surface area contributed by atoms with Crippen LogP contribution in [0.4, 0.5) is 5.69 Å². The molecule has 1 saturated carbocycles. The summed E-state index contributed by atoms with van der Waals surface area (Å²) >= 11 is 1.53. The third-order valence-corrected chi connectivity index (χ3v) is 5.98. The lowest BCUT2D eigenvalue weighted by Crippen LogP contribution is -2.09. The van der Waals surface area contributed by atoms with E-state index < -0.39 is 4.92 Å². The van der Waals surface area contributed by atoms with Crippen molar-refractivity contribution in [3.8, 4) is 0 Å². The first kappa shape index (κ1) is 18.6. The minimum absolute atomic E-state index is 0.0910. The standard InChI is InChI=1S/C21H23NO3S/c23-21(15-6-16-4-2-1-3-5-16)17-7-11-19(12-8-17)26-20-13-9-18(10-14-20)22(24)25/h7-14,16H,1-6,15H2. The highest BCUT2D eigenvalue weighted by atomic mass is 32.2. The predicted molar refractivity (Wildman–Crippen MR) is 104 cm³/mol. The number of nitro benzene ring substituents is 1. The summed E-state index contributed by atoms with van der Waals surface area (Å²) in [6, 6.07) is 14.2. The van der Waals surface area contributed by atoms with Crippen molar-refractivity contribution in [2.75, 3.05) is 0 Å². The maximum atomic E-state index is 12.4. The molecule has 5 heteroatoms. The smallest absolute Gasteiger partial charge is 0.269 e. The van der Waals surface area contributed by atoms with Gasteiger partial charge in [-0.3, -0.25) is 14.9 Å². The Hall–Kier alpha value is -2.14. The summed E-state index contributed by atoms with van der Waals surface area (Å²) in [7, 11) is 0. The minimum atomic E-state index is -0.401. The molecule has 4 nitrogen and oxygen atoms in total. The topological polar surface area (TPSA) is 60.2 Å². The molecule has 0 radical (unpaired) electrons. The second-order valence-corrected chi connectivity index (χ2v) is 7.99. The molecule has 0 heterocycles. The third-order valence-electron chi connectivity index (χ3n) is 4.96. The first-order valence-corrected chi connectivity index (χ1v) is 9.99. The molecule has 0 aliphatic heterocycles. The summed E-state index contributed by atoms with van der Waals surface area (Å²) in [6.07, 6.45) is 8.17. The average Bonchev–Trinajstić information content (AvgIpc) is 2.68. The van der Waals surface area contributed by atoms with E-state index in [9.17, 15) is 14.9 Å². The zero-order valence-electron chi connectivity index (χ0n) is 14.7. The van der Waals surface area contributed by atoms with Crippen molar-refractivity contribution < 1.29 is 9.72 Å². The zero-order chi connectivity index (χ0) is 18.4. The molecule has 1 aliphatic rings. The molecule has 2 aromatic carbocycles. The van der Waals surface area contributed by atoms with Gasteiger partial charge in [-0.1, -0.05) is 56.0 Å². The fourth-order valence-electron chi connectivity index (χ4n) is 3.44. The van der Waals surface area contributed by atoms with E-state index in [1.165, 1.54) is 56.0 Å². The molecule has 0 spiro atoms. The Balaban J connectivity index is 1.53. The van der Waals surface area contributed by atoms with Crippen molar-refractivity contribution in [3.05, 3.63) is 64.2 Å². The molecule has 0 atom stereocenters. The number of carbonyl (C=O) groups is 1. The van der Waals surface area contributed by atoms with E-state index in [1.54, 1.807) is 12.1 Å². The second-order valence-electron chi connectivity index (χ2n) is 6.84. The molecule has 2 aromatic rings. The van der Waals surface area contributed by atoms with Crippen LogP contribution in [-0.2, 0) is 0 Å². The molecule has 0 unspecified atom stereocenters. The Bertz CT molecular complexity index is 750. The molecule has 26 heavy (non-hydrogen) atoms. The van der Waals surface area contributed by atoms with Gasteiger partial charge in [-0.05, 0) is 36.6 Å². The summed E-state index contributed by atoms with van der Waals surface area (Å²) in [5.41, 5.74) is 0.863. The highest BCUT2D eigenvalue weighted by Crippen LogP contribution is 2.30. The van der Waals surface area contributed by atoms with E-state index in [2.05, 4.69) is 0 Å². The minimum Gasteiger partial charge on any atom is -0.294 e. The number of benzene rings is 2. The quantitative estimate of drug-likeness (QED) is 0.327. The number of ketones is 1. The van der Waals surface area contributed by atoms with Gasteiger partial charge in [-0.15, -0.1) is 0 Å². The first-order valence-electron chi connectivity index (χ1n) is 9.17. The lowest BCUT2D eigenvalue weighted by molar-refractivity contribution is -0.384. The number of hydrogen-bond donors (Lipinski definition) is 0. The van der Waals surface area contributed by atoms with Gasteiger partial charge in [0.1, 0.15) is 0 Å². The fourth-order valence-corrected chi connectivity index (χ4v) is 4.25. The Kier molecular flexibility index (Phi) is 6.45. The van der Waals surface area contributed by atoms with Crippen molar-refractivity contribution in [3.63, 3.8) is 0 Å². The summed E-state index contributed by atoms with van der Waals surface area (Å²) < 4.78 is 0. The Morgan fingerprint density at radius 1 is 0.962 bits per heavy atom. The highest BCUT2D eigenvalue weighted by molar-refractivity contribution is 7.99. The maximum absolute atomic E-state index is 12.4. The molecular formula is C21H23NO3S. The number of nitrogens with zero attached hydrogens (tertiary/aromatic N) is 1. The van der Waals surface area contributed by atoms with Crippen LogP contribution in [0.3, 0.4) is 0 Å². The first-order chi connectivity index (χ1) is 12.6. The summed E-state index contributed by atoms with van der Waals surface area (Å²) in [5.74, 6) is 0.951. The Morgan fingerprint density at radius 2 is 1.54 bits per heavy atom. The maximum Gasteiger partial charge on any atom is 0.269 e. The SMILES string of the molecule is O=C(CCC1CCCCC1)c1ccc(Sc2ccc([N+](=O)[O-])cc2)cc1. The monoisotopic (exact) mass is 369 g/mol. The van der Waals surface area contributed by atoms with Crippen molar-refractivity contribution in [1.29, 1.82) is 0 Å². The van der Waals surface area contributed by atoms with Gasteiger partial charge >= 0.3 is 0 Å². The molecule has 0 N–H and O–H groups in total. The number of hydrogen-bond acceptors (Lipinski definition) is 4. The molecule has 0 amide bonds. The van der Waals surface area contributed by atoms with Gasteiger partial charge in [0.25, 0.3) is 5.69 Å². The molecule has 3 rings (SSSR count). The Labute approximate surface area is 158 Å². The van der Waals surface area contributed by atoms with Gasteiger partial charge in [0, 0.05) is 33.9 Å². The van der Waals surface area contributed by atoms with E-state index in [0.29, 0.717) is 6.42 Å². The van der Waals surface area contributed by atoms with Gasteiger partial charge in [-0.25, -0.2) is 0 Å². The third kappa shape index (κ3) is 5.18. The summed E-state index contributed by atoms with van der Waals surface area (Å²) in [4.78, 5) is 24.6. The highest BCUT2D eigenvalue weighted by Gasteiger charge is 2.15. The van der Waals surface area contributed by atoms with Crippen LogP contribution in [0.5, 0.6) is 0 Å². The van der Waals surface area contributed by atoms with Crippen LogP contribution in [0.2, 0.25) is 0 Å². The molecule has 0 saturated heterocycles. The van der Waals surface area contributed by atoms with Gasteiger partial charge in [0.15, 0.2) is 5.78 Å². The zero-order valence-corrected chi connectivity index (χ0v) is 15.5. The van der Waals surface area contributed by atoms with Crippen molar-refractivity contribution in [2.24, 2.45) is 5.92 Å². The fraction of sp³-hybridized carbons (Fsp3) is 0.381. The number of rotatable bonds is 7. The molecule has 0 bridgehead atoms. The molecule has 1 fully saturated rings. The van der Waals surface area contributed by atoms with Crippen molar-refractivity contribution >= 4 is 23.2 Å². The molecule has 1 aliphatic carbocycles. The Morgan fingerprint density at radius 3 is 2.12 bits per heavy atom. The van der Waals surface area contributed by atoms with E-state index in [4.69, 9.17) is 0 Å². The molecular weight excluding hydrogens is 346 g/mol. The van der Waals surface area contributed by atoms with Gasteiger partial charge in [0.2, 0.25) is 0 Å². The lowest BCUT2D eigenvalue weighted by atomic mass is 9.85. The van der Waals surface area contributed by atoms with Crippen molar-refractivity contribution in [2.45, 2.75) is 54.7 Å². The summed E-state index contributed by atoms with van der Waals surface area (Å²) in [5, 5.41) is 10.7. The van der Waals surface area contributed by atoms with Crippen LogP contribution in [0.25, 0.3) is 0 Å². The van der Waals surface area contributed by atoms with E-state index in [0.717, 1.165) is 27.7 Å². The van der Waals surface area contributed by atoms with Crippen molar-refractivity contribution in [1.82, 2.24) is 0 Å². The number of carbonyl (C=O) groups excluding carboxylic acids is 1. The number of non-ortho nitro benzene ring substituents is 1.